The second-order valence-electron chi connectivity index (χ2n) is 4.66. The largest absolute Gasteiger partial charge is 0.371 e. The molecule has 0 amide bonds. The molecule has 0 unspecified atom stereocenters. The van der Waals surface area contributed by atoms with Crippen LogP contribution in [0.5, 0.6) is 0 Å². The Morgan fingerprint density at radius 1 is 1.11 bits per heavy atom. The lowest BCUT2D eigenvalue weighted by molar-refractivity contribution is -0.373. The van der Waals surface area contributed by atoms with Crippen molar-refractivity contribution in [3.8, 4) is 0 Å². The van der Waals surface area contributed by atoms with Crippen LogP contribution in [0.4, 0.5) is 0 Å². The average molecular weight is 254 g/mol. The molecule has 0 bridgehead atoms. The van der Waals surface area contributed by atoms with Gasteiger partial charge in [-0.15, -0.1) is 0 Å². The first-order valence-corrected chi connectivity index (χ1v) is 6.45. The van der Waals surface area contributed by atoms with Gasteiger partial charge in [0.15, 0.2) is 5.78 Å². The third-order valence-corrected chi connectivity index (χ3v) is 3.35. The molecule has 0 spiro atoms. The van der Waals surface area contributed by atoms with Crippen molar-refractivity contribution in [2.24, 2.45) is 0 Å². The van der Waals surface area contributed by atoms with Gasteiger partial charge in [-0.2, -0.15) is 0 Å². The van der Waals surface area contributed by atoms with Crippen LogP contribution in [0.3, 0.4) is 0 Å². The van der Waals surface area contributed by atoms with Gasteiger partial charge in [-0.05, 0) is 17.0 Å². The highest BCUT2D eigenvalue weighted by Crippen LogP contribution is 2.31. The second-order valence-corrected chi connectivity index (χ2v) is 4.66. The molecule has 0 aromatic heterocycles. The normalized spacial score (nSPS) is 13.7. The SMILES string of the molecule is [NH3+]CCOCC1=Cc2cccc3cccc(c23)C1=O. The first-order chi connectivity index (χ1) is 9.31. The highest BCUT2D eigenvalue weighted by molar-refractivity contribution is 6.22. The molecule has 0 radical (unpaired) electrons. The predicted octanol–water partition coefficient (Wildman–Crippen LogP) is 1.68. The summed E-state index contributed by atoms with van der Waals surface area (Å²) < 4.78 is 5.45. The van der Waals surface area contributed by atoms with E-state index in [1.807, 2.05) is 42.5 Å². The van der Waals surface area contributed by atoms with E-state index in [0.717, 1.165) is 27.5 Å². The zero-order chi connectivity index (χ0) is 13.2. The summed E-state index contributed by atoms with van der Waals surface area (Å²) in [5.74, 6) is 0.0772. The molecule has 3 rings (SSSR count). The van der Waals surface area contributed by atoms with Crippen molar-refractivity contribution in [2.75, 3.05) is 19.8 Å². The maximum atomic E-state index is 12.4. The molecule has 1 aliphatic rings. The smallest absolute Gasteiger partial charge is 0.192 e. The van der Waals surface area contributed by atoms with Crippen molar-refractivity contribution in [3.63, 3.8) is 0 Å². The van der Waals surface area contributed by atoms with Crippen LogP contribution in [-0.4, -0.2) is 25.5 Å². The van der Waals surface area contributed by atoms with E-state index < -0.39 is 0 Å². The van der Waals surface area contributed by atoms with Gasteiger partial charge in [0, 0.05) is 16.5 Å². The summed E-state index contributed by atoms with van der Waals surface area (Å²) in [6.07, 6.45) is 1.95. The number of ether oxygens (including phenoxy) is 1. The number of hydrogen-bond donors (Lipinski definition) is 1. The van der Waals surface area contributed by atoms with E-state index in [1.165, 1.54) is 0 Å². The molecule has 3 nitrogen and oxygen atoms in total. The maximum absolute atomic E-state index is 12.4. The highest BCUT2D eigenvalue weighted by Gasteiger charge is 2.21. The minimum atomic E-state index is 0.0772. The molecule has 0 fully saturated rings. The van der Waals surface area contributed by atoms with Gasteiger partial charge in [0.25, 0.3) is 0 Å². The van der Waals surface area contributed by atoms with E-state index in [4.69, 9.17) is 4.74 Å². The maximum Gasteiger partial charge on any atom is 0.192 e. The van der Waals surface area contributed by atoms with Crippen LogP contribution in [0.15, 0.2) is 42.0 Å². The third kappa shape index (κ3) is 2.07. The fourth-order valence-corrected chi connectivity index (χ4v) is 2.50. The molecule has 96 valence electrons. The number of hydrogen-bond acceptors (Lipinski definition) is 2. The quantitative estimate of drug-likeness (QED) is 0.844. The van der Waals surface area contributed by atoms with Crippen molar-refractivity contribution in [3.05, 3.63) is 53.1 Å². The predicted molar refractivity (Wildman–Crippen MR) is 74.8 cm³/mol. The van der Waals surface area contributed by atoms with Gasteiger partial charge in [-0.1, -0.05) is 36.4 Å². The van der Waals surface area contributed by atoms with Crippen LogP contribution in [0.1, 0.15) is 15.9 Å². The van der Waals surface area contributed by atoms with Crippen LogP contribution in [0.25, 0.3) is 16.8 Å². The number of quaternary nitrogens is 1. The van der Waals surface area contributed by atoms with Crippen molar-refractivity contribution >= 4 is 22.6 Å². The van der Waals surface area contributed by atoms with Crippen LogP contribution in [0.2, 0.25) is 0 Å². The monoisotopic (exact) mass is 254 g/mol. The first-order valence-electron chi connectivity index (χ1n) is 6.45. The molecule has 1 aliphatic carbocycles. The van der Waals surface area contributed by atoms with Gasteiger partial charge < -0.3 is 10.5 Å². The molecule has 0 aliphatic heterocycles. The molecular formula is C16H16NO2+. The molecule has 0 saturated heterocycles. The first kappa shape index (κ1) is 12.1. The molecule has 3 heteroatoms. The summed E-state index contributed by atoms with van der Waals surface area (Å²) >= 11 is 0. The molecule has 2 aromatic rings. The van der Waals surface area contributed by atoms with Gasteiger partial charge in [0.1, 0.15) is 0 Å². The summed E-state index contributed by atoms with van der Waals surface area (Å²) in [6, 6.07) is 11.9. The number of benzene rings is 2. The zero-order valence-electron chi connectivity index (χ0n) is 10.7. The number of carbonyl (C=O) groups excluding carboxylic acids is 1. The van der Waals surface area contributed by atoms with Gasteiger partial charge in [0.05, 0.1) is 19.8 Å². The van der Waals surface area contributed by atoms with E-state index >= 15 is 0 Å². The van der Waals surface area contributed by atoms with E-state index in [9.17, 15) is 4.79 Å². The summed E-state index contributed by atoms with van der Waals surface area (Å²) in [5.41, 5.74) is 6.33. The summed E-state index contributed by atoms with van der Waals surface area (Å²) in [5, 5.41) is 2.16. The standard InChI is InChI=1S/C16H15NO2/c17-7-8-19-10-13-9-12-5-1-3-11-4-2-6-14(15(11)12)16(13)18/h1-6,9H,7-8,10,17H2/p+1. The Morgan fingerprint density at radius 3 is 2.68 bits per heavy atom. The topological polar surface area (TPSA) is 53.9 Å². The average Bonchev–Trinajstić information content (AvgIpc) is 2.44. The molecule has 2 aromatic carbocycles. The van der Waals surface area contributed by atoms with Crippen LogP contribution < -0.4 is 5.73 Å². The lowest BCUT2D eigenvalue weighted by atomic mass is 9.88. The molecule has 0 atom stereocenters. The van der Waals surface area contributed by atoms with E-state index in [2.05, 4.69) is 5.73 Å². The number of ketones is 1. The minimum absolute atomic E-state index is 0.0772. The van der Waals surface area contributed by atoms with Gasteiger partial charge in [-0.25, -0.2) is 0 Å². The van der Waals surface area contributed by atoms with E-state index in [1.54, 1.807) is 0 Å². The third-order valence-electron chi connectivity index (χ3n) is 3.35. The molecule has 0 heterocycles. The number of Topliss-reactive ketones (excluding diaryl/α,β-unsaturated/α-hetero) is 1. The van der Waals surface area contributed by atoms with E-state index in [0.29, 0.717) is 19.8 Å². The van der Waals surface area contributed by atoms with Gasteiger partial charge in [0.2, 0.25) is 0 Å². The molecule has 0 saturated carbocycles. The van der Waals surface area contributed by atoms with Crippen molar-refractivity contribution in [1.29, 1.82) is 0 Å². The summed E-state index contributed by atoms with van der Waals surface area (Å²) in [6.45, 7) is 1.66. The minimum Gasteiger partial charge on any atom is -0.371 e. The van der Waals surface area contributed by atoms with Crippen molar-refractivity contribution < 1.29 is 15.3 Å². The highest BCUT2D eigenvalue weighted by atomic mass is 16.5. The Balaban J connectivity index is 2.06. The Labute approximate surface area is 111 Å². The van der Waals surface area contributed by atoms with Crippen molar-refractivity contribution in [1.82, 2.24) is 0 Å². The fraction of sp³-hybridized carbons (Fsp3) is 0.188. The Kier molecular flexibility index (Phi) is 3.15. The molecular weight excluding hydrogens is 238 g/mol. The van der Waals surface area contributed by atoms with Gasteiger partial charge >= 0.3 is 0 Å². The van der Waals surface area contributed by atoms with Crippen LogP contribution >= 0.6 is 0 Å². The van der Waals surface area contributed by atoms with Crippen LogP contribution in [-0.2, 0) is 4.74 Å². The second kappa shape index (κ2) is 4.96. The van der Waals surface area contributed by atoms with Gasteiger partial charge in [-0.3, -0.25) is 4.79 Å². The Hall–Kier alpha value is -1.97. The van der Waals surface area contributed by atoms with Crippen molar-refractivity contribution in [2.45, 2.75) is 0 Å². The summed E-state index contributed by atoms with van der Waals surface area (Å²) in [7, 11) is 0. The molecule has 3 N–H and O–H groups in total. The zero-order valence-corrected chi connectivity index (χ0v) is 10.7. The lowest BCUT2D eigenvalue weighted by Gasteiger charge is -2.16. The van der Waals surface area contributed by atoms with Crippen LogP contribution in [0, 0.1) is 0 Å². The number of rotatable bonds is 4. The summed E-state index contributed by atoms with van der Waals surface area (Å²) in [4.78, 5) is 12.4. The molecule has 19 heavy (non-hydrogen) atoms. The Morgan fingerprint density at radius 2 is 1.89 bits per heavy atom. The Bertz CT molecular complexity index is 668. The number of carbonyl (C=O) groups is 1. The lowest BCUT2D eigenvalue weighted by Crippen LogP contribution is -2.52. The van der Waals surface area contributed by atoms with E-state index in [-0.39, 0.29) is 5.78 Å². The fourth-order valence-electron chi connectivity index (χ4n) is 2.50.